The normalized spacial score (nSPS) is 10.6. The number of ether oxygens (including phenoxy) is 1. The molecular weight excluding hydrogens is 300 g/mol. The molecule has 124 valence electrons. The summed E-state index contributed by atoms with van der Waals surface area (Å²) in [5, 5.41) is 10.9. The lowest BCUT2D eigenvalue weighted by Crippen LogP contribution is -2.26. The van der Waals surface area contributed by atoms with Gasteiger partial charge in [-0.25, -0.2) is 4.68 Å². The van der Waals surface area contributed by atoms with Crippen molar-refractivity contribution in [1.29, 1.82) is 0 Å². The zero-order valence-electron chi connectivity index (χ0n) is 13.6. The third kappa shape index (κ3) is 3.57. The molecule has 0 radical (unpaired) electrons. The number of hydrogen-bond donors (Lipinski definition) is 1. The number of carbonyl (C=O) groups is 2. The highest BCUT2D eigenvalue weighted by Crippen LogP contribution is 2.17. The minimum absolute atomic E-state index is 0.231. The second-order valence-electron chi connectivity index (χ2n) is 5.03. The Hall–Kier alpha value is -2.68. The maximum Gasteiger partial charge on any atom is 0.276 e. The molecule has 0 aliphatic carbocycles. The van der Waals surface area contributed by atoms with Crippen LogP contribution in [-0.2, 0) is 18.0 Å². The molecule has 2 amide bonds. The molecule has 2 aromatic rings. The van der Waals surface area contributed by atoms with Crippen LogP contribution >= 0.6 is 0 Å². The second kappa shape index (κ2) is 7.05. The molecule has 0 aliphatic rings. The van der Waals surface area contributed by atoms with E-state index in [1.165, 1.54) is 15.8 Å². The Labute approximate surface area is 133 Å². The highest BCUT2D eigenvalue weighted by Gasteiger charge is 2.22. The number of aryl methyl sites for hydroxylation is 1. The van der Waals surface area contributed by atoms with Crippen LogP contribution in [-0.4, -0.2) is 57.5 Å². The zero-order valence-corrected chi connectivity index (χ0v) is 13.6. The Bertz CT molecular complexity index is 703. The van der Waals surface area contributed by atoms with E-state index in [-0.39, 0.29) is 18.3 Å². The molecule has 2 heterocycles. The molecule has 23 heavy (non-hydrogen) atoms. The largest absolute Gasteiger partial charge is 0.362 e. The predicted molar refractivity (Wildman–Crippen MR) is 83.1 cm³/mol. The number of amides is 2. The fourth-order valence-corrected chi connectivity index (χ4v) is 2.03. The van der Waals surface area contributed by atoms with E-state index >= 15 is 0 Å². The molecule has 2 aromatic heterocycles. The molecule has 1 N–H and O–H groups in total. The lowest BCUT2D eigenvalue weighted by Gasteiger charge is -2.13. The monoisotopic (exact) mass is 320 g/mol. The molecule has 0 saturated carbocycles. The number of anilines is 1. The fourth-order valence-electron chi connectivity index (χ4n) is 2.03. The average Bonchev–Trinajstić information content (AvgIpc) is 3.13. The van der Waals surface area contributed by atoms with Gasteiger partial charge in [0.1, 0.15) is 12.4 Å². The van der Waals surface area contributed by atoms with Crippen LogP contribution in [0.4, 0.5) is 5.69 Å². The molecule has 0 spiro atoms. The van der Waals surface area contributed by atoms with Gasteiger partial charge in [-0.15, -0.1) is 0 Å². The van der Waals surface area contributed by atoms with Crippen molar-refractivity contribution in [1.82, 2.24) is 24.5 Å². The standard InChI is InChI=1S/C14H20N6O3/c1-5-20-12(14(22)18(2)3)11(8-15-20)16-13(21)10-6-7-19(17-10)9-23-4/h6-8H,5,9H2,1-4H3,(H,16,21). The summed E-state index contributed by atoms with van der Waals surface area (Å²) in [5.74, 6) is -0.645. The molecule has 0 bridgehead atoms. The number of rotatable bonds is 6. The Kier molecular flexibility index (Phi) is 5.12. The van der Waals surface area contributed by atoms with Crippen LogP contribution in [0.2, 0.25) is 0 Å². The van der Waals surface area contributed by atoms with Gasteiger partial charge in [-0.3, -0.25) is 14.3 Å². The van der Waals surface area contributed by atoms with Gasteiger partial charge in [0.2, 0.25) is 0 Å². The minimum atomic E-state index is -0.414. The molecule has 0 fully saturated rings. The summed E-state index contributed by atoms with van der Waals surface area (Å²) in [4.78, 5) is 26.0. The van der Waals surface area contributed by atoms with Crippen molar-refractivity contribution in [2.45, 2.75) is 20.2 Å². The topological polar surface area (TPSA) is 94.3 Å². The van der Waals surface area contributed by atoms with Crippen molar-refractivity contribution in [3.8, 4) is 0 Å². The predicted octanol–water partition coefficient (Wildman–Crippen LogP) is 0.657. The van der Waals surface area contributed by atoms with Crippen LogP contribution in [0, 0.1) is 0 Å². The van der Waals surface area contributed by atoms with Crippen molar-refractivity contribution in [2.75, 3.05) is 26.5 Å². The van der Waals surface area contributed by atoms with Gasteiger partial charge in [0, 0.05) is 33.9 Å². The Morgan fingerprint density at radius 1 is 1.39 bits per heavy atom. The van der Waals surface area contributed by atoms with E-state index < -0.39 is 5.91 Å². The molecule has 0 aromatic carbocycles. The quantitative estimate of drug-likeness (QED) is 0.843. The summed E-state index contributed by atoms with van der Waals surface area (Å²) in [6.07, 6.45) is 3.10. The average molecular weight is 320 g/mol. The first-order valence-corrected chi connectivity index (χ1v) is 7.09. The van der Waals surface area contributed by atoms with Crippen LogP contribution in [0.1, 0.15) is 27.9 Å². The molecule has 9 heteroatoms. The van der Waals surface area contributed by atoms with Gasteiger partial charge < -0.3 is 15.0 Å². The Balaban J connectivity index is 2.23. The van der Waals surface area contributed by atoms with Crippen molar-refractivity contribution >= 4 is 17.5 Å². The van der Waals surface area contributed by atoms with Crippen LogP contribution in [0.25, 0.3) is 0 Å². The van der Waals surface area contributed by atoms with Crippen LogP contribution in [0.3, 0.4) is 0 Å². The molecule has 0 unspecified atom stereocenters. The number of nitrogens with zero attached hydrogens (tertiary/aromatic N) is 5. The molecule has 0 aliphatic heterocycles. The number of aromatic nitrogens is 4. The molecular formula is C14H20N6O3. The van der Waals surface area contributed by atoms with Gasteiger partial charge in [-0.1, -0.05) is 0 Å². The maximum atomic E-state index is 12.3. The van der Waals surface area contributed by atoms with E-state index in [4.69, 9.17) is 4.74 Å². The van der Waals surface area contributed by atoms with Gasteiger partial charge >= 0.3 is 0 Å². The van der Waals surface area contributed by atoms with Crippen LogP contribution in [0.5, 0.6) is 0 Å². The fraction of sp³-hybridized carbons (Fsp3) is 0.429. The van der Waals surface area contributed by atoms with E-state index in [1.54, 1.807) is 38.2 Å². The summed E-state index contributed by atoms with van der Waals surface area (Å²) < 4.78 is 7.98. The summed E-state index contributed by atoms with van der Waals surface area (Å²) in [6.45, 7) is 2.65. The van der Waals surface area contributed by atoms with E-state index in [9.17, 15) is 9.59 Å². The lowest BCUT2D eigenvalue weighted by molar-refractivity contribution is 0.0816. The number of carbonyl (C=O) groups excluding carboxylic acids is 2. The third-order valence-corrected chi connectivity index (χ3v) is 3.13. The zero-order chi connectivity index (χ0) is 17.0. The Morgan fingerprint density at radius 3 is 2.74 bits per heavy atom. The number of hydrogen-bond acceptors (Lipinski definition) is 5. The highest BCUT2D eigenvalue weighted by molar-refractivity contribution is 6.07. The van der Waals surface area contributed by atoms with E-state index in [1.807, 2.05) is 6.92 Å². The van der Waals surface area contributed by atoms with Crippen molar-refractivity contribution in [2.24, 2.45) is 0 Å². The summed E-state index contributed by atoms with van der Waals surface area (Å²) in [5.41, 5.74) is 0.925. The molecule has 9 nitrogen and oxygen atoms in total. The van der Waals surface area contributed by atoms with Gasteiger partial charge in [0.15, 0.2) is 5.69 Å². The SMILES string of the molecule is CCn1ncc(NC(=O)c2ccn(COC)n2)c1C(=O)N(C)C. The summed E-state index contributed by atoms with van der Waals surface area (Å²) >= 11 is 0. The first-order chi connectivity index (χ1) is 11.0. The van der Waals surface area contributed by atoms with Crippen molar-refractivity contribution in [3.05, 3.63) is 29.8 Å². The van der Waals surface area contributed by atoms with Gasteiger partial charge in [-0.2, -0.15) is 10.2 Å². The minimum Gasteiger partial charge on any atom is -0.362 e. The van der Waals surface area contributed by atoms with Crippen molar-refractivity contribution in [3.63, 3.8) is 0 Å². The first kappa shape index (κ1) is 16.7. The highest BCUT2D eigenvalue weighted by atomic mass is 16.5. The first-order valence-electron chi connectivity index (χ1n) is 7.09. The second-order valence-corrected chi connectivity index (χ2v) is 5.03. The third-order valence-electron chi connectivity index (χ3n) is 3.13. The number of nitrogens with one attached hydrogen (secondary N) is 1. The smallest absolute Gasteiger partial charge is 0.276 e. The number of methoxy groups -OCH3 is 1. The van der Waals surface area contributed by atoms with E-state index in [0.717, 1.165) is 0 Å². The Morgan fingerprint density at radius 2 is 2.13 bits per heavy atom. The van der Waals surface area contributed by atoms with Gasteiger partial charge in [0.05, 0.1) is 11.9 Å². The maximum absolute atomic E-state index is 12.3. The van der Waals surface area contributed by atoms with Crippen LogP contribution < -0.4 is 5.32 Å². The summed E-state index contributed by atoms with van der Waals surface area (Å²) in [6, 6.07) is 1.58. The molecule has 0 atom stereocenters. The van der Waals surface area contributed by atoms with E-state index in [0.29, 0.717) is 17.9 Å². The summed E-state index contributed by atoms with van der Waals surface area (Å²) in [7, 11) is 4.83. The van der Waals surface area contributed by atoms with Crippen LogP contribution in [0.15, 0.2) is 18.5 Å². The lowest BCUT2D eigenvalue weighted by atomic mass is 10.3. The van der Waals surface area contributed by atoms with Gasteiger partial charge in [0.25, 0.3) is 11.8 Å². The molecule has 0 saturated heterocycles. The molecule has 2 rings (SSSR count). The van der Waals surface area contributed by atoms with E-state index in [2.05, 4.69) is 15.5 Å². The van der Waals surface area contributed by atoms with Crippen molar-refractivity contribution < 1.29 is 14.3 Å². The van der Waals surface area contributed by atoms with Gasteiger partial charge in [-0.05, 0) is 13.0 Å².